The van der Waals surface area contributed by atoms with Crippen LogP contribution in [-0.2, 0) is 18.8 Å². The molecule has 0 saturated carbocycles. The lowest BCUT2D eigenvalue weighted by molar-refractivity contribution is -0.143. The third-order valence-corrected chi connectivity index (χ3v) is 4.07. The van der Waals surface area contributed by atoms with E-state index in [1.54, 1.807) is 18.2 Å². The number of anilines is 1. The number of urea groups is 1. The summed E-state index contributed by atoms with van der Waals surface area (Å²) in [5, 5.41) is 4.40. The lowest BCUT2D eigenvalue weighted by atomic mass is 10.1. The second-order valence-corrected chi connectivity index (χ2v) is 6.34. The van der Waals surface area contributed by atoms with Gasteiger partial charge in [0.2, 0.25) is 0 Å². The van der Waals surface area contributed by atoms with Crippen LogP contribution in [0.3, 0.4) is 0 Å². The van der Waals surface area contributed by atoms with Gasteiger partial charge in [-0.2, -0.15) is 26.3 Å². The summed E-state index contributed by atoms with van der Waals surface area (Å²) >= 11 is 0. The second kappa shape index (κ2) is 9.80. The van der Waals surface area contributed by atoms with E-state index in [-0.39, 0.29) is 12.6 Å². The van der Waals surface area contributed by atoms with E-state index in [2.05, 4.69) is 5.32 Å². The molecule has 0 aromatic heterocycles. The van der Waals surface area contributed by atoms with E-state index in [1.165, 1.54) is 7.11 Å². The quantitative estimate of drug-likeness (QED) is 0.548. The van der Waals surface area contributed by atoms with Gasteiger partial charge in [0.05, 0.1) is 24.8 Å². The van der Waals surface area contributed by atoms with Gasteiger partial charge in [-0.25, -0.2) is 4.79 Å². The van der Waals surface area contributed by atoms with Crippen LogP contribution in [0, 0.1) is 0 Å². The lowest BCUT2D eigenvalue weighted by Crippen LogP contribution is -2.30. The maximum atomic E-state index is 12.9. The molecule has 0 radical (unpaired) electrons. The van der Waals surface area contributed by atoms with Gasteiger partial charge in [-0.3, -0.25) is 0 Å². The Morgan fingerprint density at radius 2 is 1.55 bits per heavy atom. The number of halogens is 6. The highest BCUT2D eigenvalue weighted by Gasteiger charge is 2.37. The molecule has 2 aromatic rings. The molecule has 2 aromatic carbocycles. The van der Waals surface area contributed by atoms with Gasteiger partial charge < -0.3 is 20.1 Å². The highest BCUT2D eigenvalue weighted by molar-refractivity contribution is 5.89. The van der Waals surface area contributed by atoms with Crippen molar-refractivity contribution in [1.29, 1.82) is 0 Å². The molecular weight excluding hydrogens is 430 g/mol. The Labute approximate surface area is 174 Å². The van der Waals surface area contributed by atoms with Crippen LogP contribution >= 0.6 is 0 Å². The first kappa shape index (κ1) is 24.2. The predicted octanol–water partition coefficient (Wildman–Crippen LogP) is 5.50. The Morgan fingerprint density at radius 3 is 2.06 bits per heavy atom. The van der Waals surface area contributed by atoms with Crippen molar-refractivity contribution >= 4 is 11.7 Å². The van der Waals surface area contributed by atoms with Crippen LogP contribution in [0.4, 0.5) is 36.8 Å². The zero-order chi connectivity index (χ0) is 23.2. The fourth-order valence-electron chi connectivity index (χ4n) is 2.66. The van der Waals surface area contributed by atoms with Crippen LogP contribution in [0.1, 0.15) is 23.6 Å². The molecule has 11 heteroatoms. The molecule has 0 spiro atoms. The molecule has 0 heterocycles. The maximum Gasteiger partial charge on any atom is 0.416 e. The third-order valence-electron chi connectivity index (χ3n) is 4.07. The van der Waals surface area contributed by atoms with Crippen LogP contribution in [0.5, 0.6) is 11.5 Å². The Hall–Kier alpha value is -3.11. The number of carbonyl (C=O) groups excluding carboxylic acids is 1. The molecule has 0 aliphatic heterocycles. The van der Waals surface area contributed by atoms with Crippen molar-refractivity contribution in [3.05, 3.63) is 53.1 Å². The first-order chi connectivity index (χ1) is 14.4. The highest BCUT2D eigenvalue weighted by Crippen LogP contribution is 2.37. The van der Waals surface area contributed by atoms with E-state index in [0.29, 0.717) is 36.7 Å². The predicted molar refractivity (Wildman–Crippen MR) is 101 cm³/mol. The Balaban J connectivity index is 2.03. The smallest absolute Gasteiger partial charge is 0.416 e. The van der Waals surface area contributed by atoms with Gasteiger partial charge in [-0.15, -0.1) is 0 Å². The summed E-state index contributed by atoms with van der Waals surface area (Å²) in [5.41, 5.74) is -2.88. The largest absolute Gasteiger partial charge is 0.493 e. The molecule has 31 heavy (non-hydrogen) atoms. The average Bonchev–Trinajstić information content (AvgIpc) is 2.67. The van der Waals surface area contributed by atoms with Gasteiger partial charge >= 0.3 is 18.4 Å². The minimum absolute atomic E-state index is 0.0115. The molecule has 0 saturated heterocycles. The highest BCUT2D eigenvalue weighted by atomic mass is 19.4. The summed E-state index contributed by atoms with van der Waals surface area (Å²) in [5.74, 6) is 1.04. The van der Waals surface area contributed by atoms with Gasteiger partial charge in [-0.1, -0.05) is 6.07 Å². The van der Waals surface area contributed by atoms with Crippen molar-refractivity contribution in [3.8, 4) is 11.5 Å². The lowest BCUT2D eigenvalue weighted by Gasteiger charge is -2.15. The number of ether oxygens (including phenoxy) is 2. The van der Waals surface area contributed by atoms with Gasteiger partial charge in [0.15, 0.2) is 11.5 Å². The topological polar surface area (TPSA) is 59.6 Å². The van der Waals surface area contributed by atoms with Crippen LogP contribution < -0.4 is 20.1 Å². The summed E-state index contributed by atoms with van der Waals surface area (Å²) in [6.45, 7) is 2.34. The maximum absolute atomic E-state index is 12.9. The molecule has 0 atom stereocenters. The number of rotatable bonds is 7. The number of amides is 2. The molecule has 5 nitrogen and oxygen atoms in total. The van der Waals surface area contributed by atoms with Crippen molar-refractivity contribution in [2.75, 3.05) is 25.6 Å². The molecule has 2 amide bonds. The fourth-order valence-corrected chi connectivity index (χ4v) is 2.66. The molecule has 2 rings (SSSR count). The number of hydrogen-bond donors (Lipinski definition) is 2. The number of carbonyl (C=O) groups is 1. The van der Waals surface area contributed by atoms with Crippen molar-refractivity contribution in [3.63, 3.8) is 0 Å². The summed E-state index contributed by atoms with van der Waals surface area (Å²) in [7, 11) is 1.47. The standard InChI is InChI=1S/C20H20F6N2O3/c1-3-31-16-5-4-12(8-17(16)30-2)6-7-27-18(29)28-15-10-13(19(21,22)23)9-14(11-15)20(24,25)26/h4-5,8-11H,3,6-7H2,1-2H3,(H2,27,28,29). The van der Waals surface area contributed by atoms with Crippen molar-refractivity contribution in [2.24, 2.45) is 0 Å². The minimum atomic E-state index is -5.00. The normalized spacial score (nSPS) is 11.7. The van der Waals surface area contributed by atoms with Crippen molar-refractivity contribution < 1.29 is 40.6 Å². The van der Waals surface area contributed by atoms with Crippen LogP contribution in [0.2, 0.25) is 0 Å². The minimum Gasteiger partial charge on any atom is -0.493 e. The first-order valence-electron chi connectivity index (χ1n) is 9.08. The molecular formula is C20H20F6N2O3. The van der Waals surface area contributed by atoms with E-state index < -0.39 is 35.2 Å². The van der Waals surface area contributed by atoms with E-state index in [0.717, 1.165) is 5.56 Å². The van der Waals surface area contributed by atoms with E-state index in [9.17, 15) is 31.1 Å². The number of nitrogens with one attached hydrogen (secondary N) is 2. The number of hydrogen-bond acceptors (Lipinski definition) is 3. The number of methoxy groups -OCH3 is 1. The van der Waals surface area contributed by atoms with E-state index in [4.69, 9.17) is 9.47 Å². The van der Waals surface area contributed by atoms with Gasteiger partial charge in [0.25, 0.3) is 0 Å². The van der Waals surface area contributed by atoms with Gasteiger partial charge in [0, 0.05) is 12.2 Å². The monoisotopic (exact) mass is 450 g/mol. The number of alkyl halides is 6. The van der Waals surface area contributed by atoms with Crippen LogP contribution in [0.25, 0.3) is 0 Å². The first-order valence-corrected chi connectivity index (χ1v) is 9.08. The summed E-state index contributed by atoms with van der Waals surface area (Å²) < 4.78 is 87.9. The Morgan fingerprint density at radius 1 is 0.935 bits per heavy atom. The average molecular weight is 450 g/mol. The van der Waals surface area contributed by atoms with Crippen molar-refractivity contribution in [1.82, 2.24) is 5.32 Å². The molecule has 0 aliphatic rings. The Bertz CT molecular complexity index is 881. The summed E-state index contributed by atoms with van der Waals surface area (Å²) in [6, 6.07) is 5.06. The van der Waals surface area contributed by atoms with E-state index in [1.807, 2.05) is 12.2 Å². The molecule has 0 aliphatic carbocycles. The van der Waals surface area contributed by atoms with Crippen LogP contribution in [-0.4, -0.2) is 26.3 Å². The van der Waals surface area contributed by atoms with Gasteiger partial charge in [0.1, 0.15) is 0 Å². The Kier molecular flexibility index (Phi) is 7.64. The zero-order valence-electron chi connectivity index (χ0n) is 16.6. The van der Waals surface area contributed by atoms with Crippen molar-refractivity contribution in [2.45, 2.75) is 25.7 Å². The molecule has 0 bridgehead atoms. The third kappa shape index (κ3) is 6.97. The van der Waals surface area contributed by atoms with Crippen LogP contribution in [0.15, 0.2) is 36.4 Å². The summed E-state index contributed by atoms with van der Waals surface area (Å²) in [6.07, 6.45) is -9.66. The zero-order valence-corrected chi connectivity index (χ0v) is 16.6. The second-order valence-electron chi connectivity index (χ2n) is 6.34. The summed E-state index contributed by atoms with van der Waals surface area (Å²) in [4.78, 5) is 12.0. The molecule has 2 N–H and O–H groups in total. The van der Waals surface area contributed by atoms with Gasteiger partial charge in [-0.05, 0) is 49.2 Å². The molecule has 170 valence electrons. The SMILES string of the molecule is CCOc1ccc(CCNC(=O)Nc2cc(C(F)(F)F)cc(C(F)(F)F)c2)cc1OC. The number of benzene rings is 2. The van der Waals surface area contributed by atoms with E-state index >= 15 is 0 Å². The molecule has 0 fully saturated rings. The molecule has 0 unspecified atom stereocenters. The fraction of sp³-hybridized carbons (Fsp3) is 0.350.